The predicted octanol–water partition coefficient (Wildman–Crippen LogP) is 3.69. The second kappa shape index (κ2) is 8.96. The summed E-state index contributed by atoms with van der Waals surface area (Å²) in [6.45, 7) is 9.68. The van der Waals surface area contributed by atoms with E-state index < -0.39 is 5.97 Å². The first-order valence-corrected chi connectivity index (χ1v) is 5.03. The molecular formula is C15H16O2. The summed E-state index contributed by atoms with van der Waals surface area (Å²) in [7, 11) is 0. The third-order valence-electron chi connectivity index (χ3n) is 1.78. The molecule has 0 saturated heterocycles. The quantitative estimate of drug-likeness (QED) is 0.630. The van der Waals surface area contributed by atoms with Gasteiger partial charge in [-0.25, -0.2) is 4.79 Å². The van der Waals surface area contributed by atoms with Crippen LogP contribution in [0.1, 0.15) is 12.0 Å². The second-order valence-corrected chi connectivity index (χ2v) is 3.18. The lowest BCUT2D eigenvalue weighted by Crippen LogP contribution is -1.96. The monoisotopic (exact) mass is 228 g/mol. The van der Waals surface area contributed by atoms with Gasteiger partial charge in [-0.2, -0.15) is 0 Å². The number of carbonyl (C=O) groups is 1. The zero-order valence-electron chi connectivity index (χ0n) is 9.73. The average Bonchev–Trinajstić information content (AvgIpc) is 2.31. The van der Waals surface area contributed by atoms with Crippen molar-refractivity contribution in [2.24, 2.45) is 0 Å². The predicted molar refractivity (Wildman–Crippen MR) is 71.6 cm³/mol. The van der Waals surface area contributed by atoms with E-state index in [1.165, 1.54) is 0 Å². The highest BCUT2D eigenvalue weighted by atomic mass is 16.4. The topological polar surface area (TPSA) is 37.3 Å². The molecule has 0 atom stereocenters. The fourth-order valence-corrected chi connectivity index (χ4v) is 0.989. The first-order valence-electron chi connectivity index (χ1n) is 5.03. The van der Waals surface area contributed by atoms with Crippen molar-refractivity contribution in [1.29, 1.82) is 0 Å². The lowest BCUT2D eigenvalue weighted by Gasteiger charge is -1.93. The van der Waals surface area contributed by atoms with Crippen LogP contribution in [0.25, 0.3) is 6.08 Å². The lowest BCUT2D eigenvalue weighted by atomic mass is 10.1. The number of hydrogen-bond donors (Lipinski definition) is 1. The number of rotatable bonds is 4. The minimum Gasteiger partial charge on any atom is -0.478 e. The van der Waals surface area contributed by atoms with Crippen LogP contribution in [0.5, 0.6) is 0 Å². The molecule has 0 bridgehead atoms. The van der Waals surface area contributed by atoms with Crippen LogP contribution in [-0.2, 0) is 4.79 Å². The third-order valence-corrected chi connectivity index (χ3v) is 1.78. The van der Waals surface area contributed by atoms with Crippen molar-refractivity contribution in [3.8, 4) is 0 Å². The molecule has 1 N–H and O–H groups in total. The molecule has 17 heavy (non-hydrogen) atoms. The highest BCUT2D eigenvalue weighted by molar-refractivity contribution is 5.86. The van der Waals surface area contributed by atoms with E-state index in [9.17, 15) is 4.79 Å². The van der Waals surface area contributed by atoms with Gasteiger partial charge in [0.25, 0.3) is 0 Å². The van der Waals surface area contributed by atoms with E-state index in [2.05, 4.69) is 25.5 Å². The van der Waals surface area contributed by atoms with Gasteiger partial charge in [0.15, 0.2) is 0 Å². The molecule has 0 aliphatic rings. The molecule has 2 nitrogen and oxygen atoms in total. The Morgan fingerprint density at radius 3 is 2.29 bits per heavy atom. The summed E-state index contributed by atoms with van der Waals surface area (Å²) in [4.78, 5) is 10.4. The van der Waals surface area contributed by atoms with Gasteiger partial charge in [0.2, 0.25) is 0 Å². The Morgan fingerprint density at radius 1 is 1.29 bits per heavy atom. The van der Waals surface area contributed by atoms with Gasteiger partial charge in [-0.15, -0.1) is 5.73 Å². The minimum atomic E-state index is -0.942. The van der Waals surface area contributed by atoms with Gasteiger partial charge in [0.1, 0.15) is 0 Å². The SMILES string of the molecule is C=C(CC=Cc1ccccc1)C(=O)O.C=C=C. The van der Waals surface area contributed by atoms with Crippen molar-refractivity contribution >= 4 is 12.0 Å². The number of carboxylic acid groups (broad SMARTS) is 1. The van der Waals surface area contributed by atoms with E-state index in [0.717, 1.165) is 5.56 Å². The van der Waals surface area contributed by atoms with Crippen LogP contribution in [0, 0.1) is 0 Å². The van der Waals surface area contributed by atoms with Crippen LogP contribution < -0.4 is 0 Å². The van der Waals surface area contributed by atoms with E-state index in [1.54, 1.807) is 6.08 Å². The summed E-state index contributed by atoms with van der Waals surface area (Å²) < 4.78 is 0. The van der Waals surface area contributed by atoms with Crippen molar-refractivity contribution in [3.05, 3.63) is 73.0 Å². The number of hydrogen-bond acceptors (Lipinski definition) is 1. The van der Waals surface area contributed by atoms with E-state index in [1.807, 2.05) is 36.4 Å². The maximum Gasteiger partial charge on any atom is 0.331 e. The van der Waals surface area contributed by atoms with Gasteiger partial charge in [0.05, 0.1) is 0 Å². The van der Waals surface area contributed by atoms with Crippen LogP contribution in [0.3, 0.4) is 0 Å². The molecule has 1 rings (SSSR count). The van der Waals surface area contributed by atoms with Crippen LogP contribution in [0.2, 0.25) is 0 Å². The summed E-state index contributed by atoms with van der Waals surface area (Å²) in [6, 6.07) is 9.73. The molecule has 0 unspecified atom stereocenters. The van der Waals surface area contributed by atoms with Crippen molar-refractivity contribution in [1.82, 2.24) is 0 Å². The number of benzene rings is 1. The van der Waals surface area contributed by atoms with Gasteiger partial charge in [-0.05, 0) is 12.0 Å². The Morgan fingerprint density at radius 2 is 1.82 bits per heavy atom. The van der Waals surface area contributed by atoms with E-state index in [-0.39, 0.29) is 5.57 Å². The highest BCUT2D eigenvalue weighted by Crippen LogP contribution is 2.05. The molecule has 0 spiro atoms. The van der Waals surface area contributed by atoms with E-state index in [4.69, 9.17) is 5.11 Å². The number of allylic oxidation sites excluding steroid dienone is 1. The molecule has 0 aromatic heterocycles. The summed E-state index contributed by atoms with van der Waals surface area (Å²) in [5, 5.41) is 8.55. The van der Waals surface area contributed by atoms with Crippen molar-refractivity contribution < 1.29 is 9.90 Å². The van der Waals surface area contributed by atoms with Gasteiger partial charge in [-0.1, -0.05) is 62.2 Å². The van der Waals surface area contributed by atoms with Crippen LogP contribution in [-0.4, -0.2) is 11.1 Å². The van der Waals surface area contributed by atoms with E-state index in [0.29, 0.717) is 6.42 Å². The normalized spacial score (nSPS) is 8.94. The van der Waals surface area contributed by atoms with Crippen LogP contribution >= 0.6 is 0 Å². The van der Waals surface area contributed by atoms with Crippen molar-refractivity contribution in [3.63, 3.8) is 0 Å². The van der Waals surface area contributed by atoms with Gasteiger partial charge < -0.3 is 5.11 Å². The minimum absolute atomic E-state index is 0.206. The third kappa shape index (κ3) is 7.60. The molecule has 2 heteroatoms. The van der Waals surface area contributed by atoms with Crippen molar-refractivity contribution in [2.45, 2.75) is 6.42 Å². The molecule has 0 heterocycles. The van der Waals surface area contributed by atoms with Gasteiger partial charge >= 0.3 is 5.97 Å². The number of carboxylic acids is 1. The van der Waals surface area contributed by atoms with Gasteiger partial charge in [-0.3, -0.25) is 0 Å². The fourth-order valence-electron chi connectivity index (χ4n) is 0.989. The summed E-state index contributed by atoms with van der Waals surface area (Å²) in [6.07, 6.45) is 4.06. The Hall–Kier alpha value is -2.31. The molecule has 1 aromatic rings. The Labute approximate surface area is 102 Å². The first-order chi connectivity index (χ1) is 8.11. The Kier molecular flexibility index (Phi) is 7.74. The van der Waals surface area contributed by atoms with E-state index >= 15 is 0 Å². The Balaban J connectivity index is 0.000000770. The van der Waals surface area contributed by atoms with Gasteiger partial charge in [0, 0.05) is 5.57 Å². The molecule has 0 aliphatic heterocycles. The van der Waals surface area contributed by atoms with Crippen molar-refractivity contribution in [2.75, 3.05) is 0 Å². The zero-order chi connectivity index (χ0) is 13.1. The first kappa shape index (κ1) is 14.7. The zero-order valence-corrected chi connectivity index (χ0v) is 9.73. The molecule has 0 aliphatic carbocycles. The molecule has 0 amide bonds. The molecule has 0 saturated carbocycles. The lowest BCUT2D eigenvalue weighted by molar-refractivity contribution is -0.132. The maximum absolute atomic E-state index is 10.4. The van der Waals surface area contributed by atoms with Crippen LogP contribution in [0.4, 0.5) is 0 Å². The second-order valence-electron chi connectivity index (χ2n) is 3.18. The molecule has 1 aromatic carbocycles. The largest absolute Gasteiger partial charge is 0.478 e. The smallest absolute Gasteiger partial charge is 0.331 e. The molecule has 0 fully saturated rings. The Bertz CT molecular complexity index is 421. The number of aliphatic carboxylic acids is 1. The molecular weight excluding hydrogens is 212 g/mol. The summed E-state index contributed by atoms with van der Waals surface area (Å²) in [5.74, 6) is -0.942. The summed E-state index contributed by atoms with van der Waals surface area (Å²) in [5.41, 5.74) is 3.52. The molecule has 0 radical (unpaired) electrons. The maximum atomic E-state index is 10.4. The fraction of sp³-hybridized carbons (Fsp3) is 0.0667. The average molecular weight is 228 g/mol. The summed E-state index contributed by atoms with van der Waals surface area (Å²) >= 11 is 0. The van der Waals surface area contributed by atoms with Crippen LogP contribution in [0.15, 0.2) is 67.4 Å². The standard InChI is InChI=1S/C12H12O2.C3H4/c1-10(12(13)14)6-5-9-11-7-3-2-4-8-11;1-3-2/h2-5,7-9H,1,6H2,(H,13,14);1-2H2. The molecule has 88 valence electrons. The highest BCUT2D eigenvalue weighted by Gasteiger charge is 1.99.